The van der Waals surface area contributed by atoms with Crippen LogP contribution in [-0.2, 0) is 16.6 Å². The smallest absolute Gasteiger partial charge is 0.294 e. The first-order valence-electron chi connectivity index (χ1n) is 14.5. The van der Waals surface area contributed by atoms with Crippen molar-refractivity contribution in [1.29, 1.82) is 0 Å². The molecule has 3 aromatic rings. The van der Waals surface area contributed by atoms with Crippen LogP contribution in [0.5, 0.6) is 0 Å². The third-order valence-electron chi connectivity index (χ3n) is 7.78. The summed E-state index contributed by atoms with van der Waals surface area (Å²) < 4.78 is 7.51. The zero-order chi connectivity index (χ0) is 33.3. The minimum atomic E-state index is -1.00. The maximum atomic E-state index is 13.9. The average Bonchev–Trinajstić information content (AvgIpc) is 3.58. The quantitative estimate of drug-likeness (QED) is 0.230. The number of amides is 3. The van der Waals surface area contributed by atoms with E-state index in [-0.39, 0.29) is 53.5 Å². The van der Waals surface area contributed by atoms with Gasteiger partial charge in [0, 0.05) is 68.8 Å². The molecule has 3 amide bonds. The van der Waals surface area contributed by atoms with Crippen molar-refractivity contribution in [2.75, 3.05) is 42.6 Å². The van der Waals surface area contributed by atoms with Crippen molar-refractivity contribution in [3.05, 3.63) is 67.5 Å². The van der Waals surface area contributed by atoms with E-state index in [1.54, 1.807) is 31.3 Å². The molecule has 4 atom stereocenters. The summed E-state index contributed by atoms with van der Waals surface area (Å²) in [6.07, 6.45) is 2.60. The van der Waals surface area contributed by atoms with E-state index in [0.29, 0.717) is 28.4 Å². The molecule has 0 aliphatic carbocycles. The molecule has 2 aliphatic rings. The number of benzene rings is 1. The van der Waals surface area contributed by atoms with Crippen LogP contribution in [0.15, 0.2) is 41.1 Å². The summed E-state index contributed by atoms with van der Waals surface area (Å²) in [5.41, 5.74) is 0.601. The Balaban J connectivity index is 1.49. The number of rotatable bonds is 8. The van der Waals surface area contributed by atoms with Crippen LogP contribution in [0.1, 0.15) is 41.0 Å². The minimum absolute atomic E-state index is 0.00110. The SMILES string of the molecule is CNc1cncc(C(=O)N2C[C@H](Nc3c(C(=O)N4C[C@@H](C)O[C@@H](C)C4)cc(Br)cc3[N+](=O)[O-])CC2C(=O)Nc2cc(Cl)n(C)n2)c1. The average molecular weight is 719 g/mol. The van der Waals surface area contributed by atoms with Gasteiger partial charge < -0.3 is 30.5 Å². The predicted octanol–water partition coefficient (Wildman–Crippen LogP) is 3.76. The van der Waals surface area contributed by atoms with E-state index in [1.807, 2.05) is 13.8 Å². The van der Waals surface area contributed by atoms with E-state index in [9.17, 15) is 24.5 Å². The molecule has 0 radical (unpaired) electrons. The molecule has 2 saturated heterocycles. The maximum Gasteiger partial charge on any atom is 0.294 e. The van der Waals surface area contributed by atoms with E-state index in [4.69, 9.17) is 16.3 Å². The van der Waals surface area contributed by atoms with Crippen LogP contribution in [0.3, 0.4) is 0 Å². The molecule has 0 spiro atoms. The molecule has 15 nitrogen and oxygen atoms in total. The molecule has 2 aliphatic heterocycles. The molecule has 0 bridgehead atoms. The van der Waals surface area contributed by atoms with Gasteiger partial charge in [-0.2, -0.15) is 5.10 Å². The molecular weight excluding hydrogens is 686 g/mol. The third-order valence-corrected chi connectivity index (χ3v) is 8.59. The second-order valence-corrected chi connectivity index (χ2v) is 12.6. The largest absolute Gasteiger partial charge is 0.387 e. The number of carbonyl (C=O) groups is 3. The number of morpholine rings is 1. The first kappa shape index (κ1) is 33.1. The van der Waals surface area contributed by atoms with Crippen LogP contribution in [0.25, 0.3) is 0 Å². The summed E-state index contributed by atoms with van der Waals surface area (Å²) >= 11 is 9.42. The number of pyridine rings is 1. The molecule has 1 unspecified atom stereocenters. The van der Waals surface area contributed by atoms with Crippen LogP contribution in [-0.4, -0.2) is 98.2 Å². The molecule has 2 fully saturated rings. The number of ether oxygens (including phenoxy) is 1. The first-order chi connectivity index (χ1) is 21.8. The number of nitrogens with zero attached hydrogens (tertiary/aromatic N) is 6. The van der Waals surface area contributed by atoms with Gasteiger partial charge in [0.1, 0.15) is 16.9 Å². The minimum Gasteiger partial charge on any atom is -0.387 e. The fourth-order valence-electron chi connectivity index (χ4n) is 5.76. The van der Waals surface area contributed by atoms with Crippen LogP contribution in [0, 0.1) is 10.1 Å². The van der Waals surface area contributed by atoms with Crippen molar-refractivity contribution >= 4 is 68.1 Å². The Bertz CT molecular complexity index is 1660. The number of hydrogen-bond donors (Lipinski definition) is 3. The summed E-state index contributed by atoms with van der Waals surface area (Å²) in [5.74, 6) is -1.20. The molecule has 244 valence electrons. The zero-order valence-corrected chi connectivity index (χ0v) is 27.8. The second-order valence-electron chi connectivity index (χ2n) is 11.3. The van der Waals surface area contributed by atoms with E-state index < -0.39 is 34.7 Å². The Morgan fingerprint density at radius 3 is 2.43 bits per heavy atom. The summed E-state index contributed by atoms with van der Waals surface area (Å²) in [7, 11) is 3.31. The molecule has 17 heteroatoms. The second kappa shape index (κ2) is 13.6. The number of anilines is 3. The van der Waals surface area contributed by atoms with Gasteiger partial charge in [0.15, 0.2) is 5.82 Å². The lowest BCUT2D eigenvalue weighted by molar-refractivity contribution is -0.384. The Morgan fingerprint density at radius 2 is 1.80 bits per heavy atom. The molecule has 0 saturated carbocycles. The van der Waals surface area contributed by atoms with Crippen LogP contribution < -0.4 is 16.0 Å². The highest BCUT2D eigenvalue weighted by molar-refractivity contribution is 9.10. The molecule has 2 aromatic heterocycles. The number of nitrogens with one attached hydrogen (secondary N) is 3. The number of aryl methyl sites for hydroxylation is 1. The first-order valence-corrected chi connectivity index (χ1v) is 15.6. The van der Waals surface area contributed by atoms with Gasteiger partial charge in [-0.15, -0.1) is 0 Å². The van der Waals surface area contributed by atoms with E-state index in [1.165, 1.54) is 34.0 Å². The maximum absolute atomic E-state index is 13.9. The van der Waals surface area contributed by atoms with Gasteiger partial charge in [0.05, 0.1) is 33.9 Å². The Labute approximate surface area is 277 Å². The molecule has 46 heavy (non-hydrogen) atoms. The number of hydrogen-bond acceptors (Lipinski definition) is 10. The fraction of sp³-hybridized carbons (Fsp3) is 0.414. The number of nitro benzene ring substituents is 1. The van der Waals surface area contributed by atoms with Crippen molar-refractivity contribution in [2.24, 2.45) is 7.05 Å². The van der Waals surface area contributed by atoms with Gasteiger partial charge in [-0.1, -0.05) is 27.5 Å². The number of likely N-dealkylation sites (tertiary alicyclic amines) is 1. The highest BCUT2D eigenvalue weighted by Crippen LogP contribution is 2.36. The Kier molecular flexibility index (Phi) is 9.79. The van der Waals surface area contributed by atoms with E-state index in [2.05, 4.69) is 42.0 Å². The van der Waals surface area contributed by atoms with Crippen molar-refractivity contribution in [2.45, 2.75) is 44.6 Å². The lowest BCUT2D eigenvalue weighted by Crippen LogP contribution is -2.48. The Morgan fingerprint density at radius 1 is 1.09 bits per heavy atom. The molecule has 1 aromatic carbocycles. The Hall–Kier alpha value is -4.28. The molecule has 3 N–H and O–H groups in total. The van der Waals surface area contributed by atoms with Gasteiger partial charge >= 0.3 is 0 Å². The fourth-order valence-corrected chi connectivity index (χ4v) is 6.35. The van der Waals surface area contributed by atoms with Crippen molar-refractivity contribution in [1.82, 2.24) is 24.6 Å². The highest BCUT2D eigenvalue weighted by atomic mass is 79.9. The van der Waals surface area contributed by atoms with Crippen LogP contribution in [0.4, 0.5) is 22.9 Å². The lowest BCUT2D eigenvalue weighted by Gasteiger charge is -2.35. The van der Waals surface area contributed by atoms with Crippen LogP contribution >= 0.6 is 27.5 Å². The highest BCUT2D eigenvalue weighted by Gasteiger charge is 2.42. The predicted molar refractivity (Wildman–Crippen MR) is 174 cm³/mol. The third kappa shape index (κ3) is 7.08. The van der Waals surface area contributed by atoms with Crippen molar-refractivity contribution in [3.63, 3.8) is 0 Å². The van der Waals surface area contributed by atoms with E-state index in [0.717, 1.165) is 0 Å². The van der Waals surface area contributed by atoms with Gasteiger partial charge in [-0.25, -0.2) is 0 Å². The summed E-state index contributed by atoms with van der Waals surface area (Å²) in [5, 5.41) is 25.6. The molecule has 5 rings (SSSR count). The van der Waals surface area contributed by atoms with Crippen LogP contribution in [0.2, 0.25) is 5.15 Å². The number of nitro groups is 1. The van der Waals surface area contributed by atoms with Gasteiger partial charge in [0.25, 0.3) is 17.5 Å². The van der Waals surface area contributed by atoms with Gasteiger partial charge in [-0.05, 0) is 32.4 Å². The topological polar surface area (TPSA) is 177 Å². The molecular formula is C29H33BrClN9O6. The summed E-state index contributed by atoms with van der Waals surface area (Å²) in [6.45, 7) is 4.33. The normalized spacial score (nSPS) is 21.2. The summed E-state index contributed by atoms with van der Waals surface area (Å²) in [4.78, 5) is 60.1. The monoisotopic (exact) mass is 717 g/mol. The summed E-state index contributed by atoms with van der Waals surface area (Å²) in [6, 6.07) is 4.28. The number of halogens is 2. The van der Waals surface area contributed by atoms with Gasteiger partial charge in [0.2, 0.25) is 5.91 Å². The zero-order valence-electron chi connectivity index (χ0n) is 25.5. The van der Waals surface area contributed by atoms with Crippen molar-refractivity contribution < 1.29 is 24.0 Å². The lowest BCUT2D eigenvalue weighted by atomic mass is 10.1. The number of carbonyl (C=O) groups excluding carboxylic acids is 3. The van der Waals surface area contributed by atoms with Crippen molar-refractivity contribution in [3.8, 4) is 0 Å². The van der Waals surface area contributed by atoms with Gasteiger partial charge in [-0.3, -0.25) is 34.2 Å². The van der Waals surface area contributed by atoms with E-state index >= 15 is 0 Å². The molecule has 4 heterocycles. The number of aromatic nitrogens is 3. The standard InChI is InChI=1S/C29H33BrClN9O6/c1-15-12-38(13-16(2)46-15)29(43)21-6-18(30)7-22(40(44)45)26(21)34-20-8-23(27(41)35-25-9-24(31)37(4)36-25)39(14-20)28(42)17-5-19(32-3)11-33-10-17/h5-7,9-11,15-16,20,23,32,34H,8,12-14H2,1-4H3,(H,35,36,41)/t15-,16+,20-,23?/m1/s1.